The highest BCUT2D eigenvalue weighted by atomic mass is 16.1. The number of aldehydes is 1. The lowest BCUT2D eigenvalue weighted by molar-refractivity contribution is -0.107. The first-order chi connectivity index (χ1) is 3.81. The van der Waals surface area contributed by atoms with Crippen molar-refractivity contribution in [2.45, 2.75) is 19.4 Å². The highest BCUT2D eigenvalue weighted by Crippen LogP contribution is 1.84. The van der Waals surface area contributed by atoms with Gasteiger partial charge in [-0.2, -0.15) is 0 Å². The molecule has 2 nitrogen and oxygen atoms in total. The number of hydrogen-bond donors (Lipinski definition) is 1. The minimum atomic E-state index is -0.0856. The van der Waals surface area contributed by atoms with Crippen LogP contribution in [0.15, 0.2) is 12.2 Å². The van der Waals surface area contributed by atoms with Crippen molar-refractivity contribution >= 4 is 6.29 Å². The maximum Gasteiger partial charge on any atom is 0.121 e. The Bertz CT molecular complexity index is 88.5. The van der Waals surface area contributed by atoms with Crippen molar-refractivity contribution in [2.75, 3.05) is 0 Å². The molecule has 1 unspecified atom stereocenters. The van der Waals surface area contributed by atoms with Gasteiger partial charge in [0, 0.05) is 12.5 Å². The Kier molecular flexibility index (Phi) is 4.17. The summed E-state index contributed by atoms with van der Waals surface area (Å²) in [6.45, 7) is 1.88. The molecule has 46 valence electrons. The summed E-state index contributed by atoms with van der Waals surface area (Å²) in [6.07, 6.45) is 4.89. The normalized spacial score (nSPS) is 14.2. The zero-order chi connectivity index (χ0) is 6.41. The van der Waals surface area contributed by atoms with Crippen LogP contribution in [0.3, 0.4) is 0 Å². The van der Waals surface area contributed by atoms with Crippen molar-refractivity contribution < 1.29 is 4.79 Å². The van der Waals surface area contributed by atoms with Crippen LogP contribution in [0.5, 0.6) is 0 Å². The molecule has 2 N–H and O–H groups in total. The van der Waals surface area contributed by atoms with E-state index in [0.717, 1.165) is 6.29 Å². The van der Waals surface area contributed by atoms with E-state index in [1.54, 1.807) is 6.08 Å². The molecule has 0 rings (SSSR count). The van der Waals surface area contributed by atoms with Crippen molar-refractivity contribution in [3.8, 4) is 0 Å². The van der Waals surface area contributed by atoms with Gasteiger partial charge in [-0.25, -0.2) is 0 Å². The van der Waals surface area contributed by atoms with Crippen LogP contribution in [-0.4, -0.2) is 12.3 Å². The summed E-state index contributed by atoms with van der Waals surface area (Å²) < 4.78 is 0. The average molecular weight is 113 g/mol. The zero-order valence-electron chi connectivity index (χ0n) is 5.00. The van der Waals surface area contributed by atoms with Crippen molar-refractivity contribution in [1.82, 2.24) is 0 Å². The molecular formula is C6H11NO. The van der Waals surface area contributed by atoms with E-state index < -0.39 is 0 Å². The second-order valence-corrected chi connectivity index (χ2v) is 1.59. The van der Waals surface area contributed by atoms with Gasteiger partial charge in [0.05, 0.1) is 0 Å². The molecular weight excluding hydrogens is 102 g/mol. The molecule has 0 saturated carbocycles. The second-order valence-electron chi connectivity index (χ2n) is 1.59. The van der Waals surface area contributed by atoms with Gasteiger partial charge in [-0.3, -0.25) is 0 Å². The summed E-state index contributed by atoms with van der Waals surface area (Å²) in [5.74, 6) is 0. The number of nitrogens with two attached hydrogens (primary N) is 1. The van der Waals surface area contributed by atoms with Gasteiger partial charge in [0.25, 0.3) is 0 Å². The molecule has 0 aliphatic carbocycles. The van der Waals surface area contributed by atoms with Crippen LogP contribution in [0, 0.1) is 0 Å². The molecule has 0 aliphatic rings. The lowest BCUT2D eigenvalue weighted by Gasteiger charge is -1.95. The minimum Gasteiger partial charge on any atom is -0.324 e. The Hall–Kier alpha value is -0.630. The summed E-state index contributed by atoms with van der Waals surface area (Å²) in [5, 5.41) is 0. The van der Waals surface area contributed by atoms with Crippen molar-refractivity contribution in [1.29, 1.82) is 0 Å². The molecule has 0 saturated heterocycles. The molecule has 0 spiro atoms. The number of carbonyl (C=O) groups is 1. The Morgan fingerprint density at radius 2 is 2.38 bits per heavy atom. The molecule has 2 heteroatoms. The summed E-state index contributed by atoms with van der Waals surface area (Å²) in [6, 6.07) is -0.0856. The van der Waals surface area contributed by atoms with Gasteiger partial charge in [0.2, 0.25) is 0 Å². The van der Waals surface area contributed by atoms with Gasteiger partial charge in [-0.15, -0.1) is 0 Å². The van der Waals surface area contributed by atoms with Gasteiger partial charge in [0.1, 0.15) is 6.29 Å². The monoisotopic (exact) mass is 113 g/mol. The maximum absolute atomic E-state index is 9.78. The van der Waals surface area contributed by atoms with Gasteiger partial charge in [-0.05, 0) is 6.92 Å². The number of carbonyl (C=O) groups excluding carboxylic acids is 1. The quantitative estimate of drug-likeness (QED) is 0.427. The van der Waals surface area contributed by atoms with Gasteiger partial charge in [0.15, 0.2) is 0 Å². The summed E-state index contributed by atoms with van der Waals surface area (Å²) >= 11 is 0. The molecule has 0 fully saturated rings. The second kappa shape index (κ2) is 4.53. The van der Waals surface area contributed by atoms with Crippen LogP contribution in [0.4, 0.5) is 0 Å². The van der Waals surface area contributed by atoms with E-state index >= 15 is 0 Å². The first kappa shape index (κ1) is 7.37. The highest BCUT2D eigenvalue weighted by molar-refractivity contribution is 5.50. The fourth-order valence-electron chi connectivity index (χ4n) is 0.437. The molecule has 8 heavy (non-hydrogen) atoms. The fourth-order valence-corrected chi connectivity index (χ4v) is 0.437. The van der Waals surface area contributed by atoms with Crippen LogP contribution in [0.1, 0.15) is 13.3 Å². The third-order valence-electron chi connectivity index (χ3n) is 0.808. The van der Waals surface area contributed by atoms with Gasteiger partial charge in [-0.1, -0.05) is 12.2 Å². The van der Waals surface area contributed by atoms with Crippen molar-refractivity contribution in [2.24, 2.45) is 5.73 Å². The Morgan fingerprint density at radius 1 is 1.75 bits per heavy atom. The van der Waals surface area contributed by atoms with E-state index in [-0.39, 0.29) is 6.04 Å². The van der Waals surface area contributed by atoms with Crippen molar-refractivity contribution in [3.63, 3.8) is 0 Å². The van der Waals surface area contributed by atoms with Crippen LogP contribution in [-0.2, 0) is 4.79 Å². The predicted octanol–water partition coefficient (Wildman–Crippen LogP) is 0.479. The molecule has 0 bridgehead atoms. The third-order valence-corrected chi connectivity index (χ3v) is 0.808. The Labute approximate surface area is 49.4 Å². The van der Waals surface area contributed by atoms with E-state index in [0.29, 0.717) is 6.42 Å². The molecule has 0 aliphatic heterocycles. The lowest BCUT2D eigenvalue weighted by atomic mass is 10.2. The fraction of sp³-hybridized carbons (Fsp3) is 0.500. The number of hydrogen-bond acceptors (Lipinski definition) is 2. The number of allylic oxidation sites excluding steroid dienone is 1. The SMILES string of the molecule is C/C=C/C(N)CC=O. The predicted molar refractivity (Wildman–Crippen MR) is 33.5 cm³/mol. The minimum absolute atomic E-state index is 0.0856. The first-order valence-corrected chi connectivity index (χ1v) is 2.63. The summed E-state index contributed by atoms with van der Waals surface area (Å²) in [5.41, 5.74) is 5.38. The average Bonchev–Trinajstić information content (AvgIpc) is 1.68. The molecule has 1 atom stereocenters. The topological polar surface area (TPSA) is 43.1 Å². The van der Waals surface area contributed by atoms with Crippen LogP contribution in [0.25, 0.3) is 0 Å². The van der Waals surface area contributed by atoms with E-state index in [1.807, 2.05) is 13.0 Å². The molecule has 0 aromatic rings. The third kappa shape index (κ3) is 3.56. The molecule has 0 amide bonds. The van der Waals surface area contributed by atoms with E-state index in [9.17, 15) is 4.79 Å². The largest absolute Gasteiger partial charge is 0.324 e. The molecule has 0 aromatic carbocycles. The molecule has 0 radical (unpaired) electrons. The molecule has 0 aromatic heterocycles. The lowest BCUT2D eigenvalue weighted by Crippen LogP contribution is -2.16. The smallest absolute Gasteiger partial charge is 0.121 e. The Balaban J connectivity index is 3.31. The molecule has 0 heterocycles. The van der Waals surface area contributed by atoms with Gasteiger partial charge >= 0.3 is 0 Å². The van der Waals surface area contributed by atoms with Crippen LogP contribution < -0.4 is 5.73 Å². The van der Waals surface area contributed by atoms with E-state index in [2.05, 4.69) is 0 Å². The van der Waals surface area contributed by atoms with Gasteiger partial charge < -0.3 is 10.5 Å². The maximum atomic E-state index is 9.78. The highest BCUT2D eigenvalue weighted by Gasteiger charge is 1.90. The van der Waals surface area contributed by atoms with Crippen LogP contribution in [0.2, 0.25) is 0 Å². The summed E-state index contributed by atoms with van der Waals surface area (Å²) in [7, 11) is 0. The van der Waals surface area contributed by atoms with E-state index in [4.69, 9.17) is 5.73 Å². The zero-order valence-corrected chi connectivity index (χ0v) is 5.00. The Morgan fingerprint density at radius 3 is 2.75 bits per heavy atom. The van der Waals surface area contributed by atoms with E-state index in [1.165, 1.54) is 0 Å². The van der Waals surface area contributed by atoms with Crippen molar-refractivity contribution in [3.05, 3.63) is 12.2 Å². The first-order valence-electron chi connectivity index (χ1n) is 2.63. The standard InChI is InChI=1S/C6H11NO/c1-2-3-6(7)4-5-8/h2-3,5-6H,4,7H2,1H3/b3-2+. The number of rotatable bonds is 3. The van der Waals surface area contributed by atoms with Crippen LogP contribution >= 0.6 is 0 Å². The summed E-state index contributed by atoms with van der Waals surface area (Å²) in [4.78, 5) is 9.78.